The maximum absolute atomic E-state index is 5.85. The summed E-state index contributed by atoms with van der Waals surface area (Å²) >= 11 is 0. The van der Waals surface area contributed by atoms with Crippen molar-refractivity contribution in [2.75, 3.05) is 46.4 Å². The molecular formula is C18H30N2O. The molecule has 0 aromatic heterocycles. The summed E-state index contributed by atoms with van der Waals surface area (Å²) in [5.74, 6) is 1.64. The van der Waals surface area contributed by atoms with Crippen molar-refractivity contribution < 1.29 is 4.74 Å². The molecule has 0 unspecified atom stereocenters. The predicted molar refractivity (Wildman–Crippen MR) is 89.2 cm³/mol. The van der Waals surface area contributed by atoms with Gasteiger partial charge in [-0.2, -0.15) is 0 Å². The lowest BCUT2D eigenvalue weighted by atomic mass is 9.99. The van der Waals surface area contributed by atoms with E-state index in [0.29, 0.717) is 5.92 Å². The molecule has 1 aliphatic rings. The number of ether oxygens (including phenoxy) is 1. The summed E-state index contributed by atoms with van der Waals surface area (Å²) in [6.07, 6.45) is 2.29. The SMILES string of the molecule is CC[C@@H](C)c1ccc(OCCCN2CCN(C)CC2)cc1. The van der Waals surface area contributed by atoms with Crippen molar-refractivity contribution in [3.05, 3.63) is 29.8 Å². The minimum absolute atomic E-state index is 0.635. The molecule has 0 radical (unpaired) electrons. The van der Waals surface area contributed by atoms with E-state index in [1.165, 1.54) is 38.2 Å². The average molecular weight is 290 g/mol. The smallest absolute Gasteiger partial charge is 0.119 e. The van der Waals surface area contributed by atoms with Gasteiger partial charge >= 0.3 is 0 Å². The van der Waals surface area contributed by atoms with E-state index in [-0.39, 0.29) is 0 Å². The minimum atomic E-state index is 0.635. The molecule has 1 fully saturated rings. The molecule has 0 saturated carbocycles. The van der Waals surface area contributed by atoms with Crippen LogP contribution in [0.15, 0.2) is 24.3 Å². The second-order valence-electron chi connectivity index (χ2n) is 6.23. The number of piperazine rings is 1. The molecule has 2 rings (SSSR count). The fraction of sp³-hybridized carbons (Fsp3) is 0.667. The lowest BCUT2D eigenvalue weighted by molar-refractivity contribution is 0.145. The van der Waals surface area contributed by atoms with Crippen molar-refractivity contribution >= 4 is 0 Å². The Bertz CT molecular complexity index is 396. The molecule has 1 aliphatic heterocycles. The van der Waals surface area contributed by atoms with Crippen LogP contribution in [0.5, 0.6) is 5.75 Å². The Balaban J connectivity index is 1.64. The topological polar surface area (TPSA) is 15.7 Å². The highest BCUT2D eigenvalue weighted by atomic mass is 16.5. The van der Waals surface area contributed by atoms with Gasteiger partial charge in [0.15, 0.2) is 0 Å². The number of benzene rings is 1. The fourth-order valence-corrected chi connectivity index (χ4v) is 2.68. The van der Waals surface area contributed by atoms with Crippen molar-refractivity contribution in [2.45, 2.75) is 32.6 Å². The van der Waals surface area contributed by atoms with Gasteiger partial charge in [-0.3, -0.25) is 0 Å². The molecule has 1 atom stereocenters. The summed E-state index contributed by atoms with van der Waals surface area (Å²) in [5.41, 5.74) is 1.40. The molecule has 0 bridgehead atoms. The molecule has 1 heterocycles. The normalized spacial score (nSPS) is 18.6. The molecular weight excluding hydrogens is 260 g/mol. The first kappa shape index (κ1) is 16.3. The van der Waals surface area contributed by atoms with Crippen LogP contribution < -0.4 is 4.74 Å². The molecule has 0 aliphatic carbocycles. The standard InChI is InChI=1S/C18H30N2O/c1-4-16(2)17-6-8-18(9-7-17)21-15-5-10-20-13-11-19(3)12-14-20/h6-9,16H,4-5,10-15H2,1-3H3/t16-/m1/s1. The number of hydrogen-bond donors (Lipinski definition) is 0. The van der Waals surface area contributed by atoms with Gasteiger partial charge in [0, 0.05) is 32.7 Å². The van der Waals surface area contributed by atoms with E-state index in [4.69, 9.17) is 4.74 Å². The molecule has 0 spiro atoms. The molecule has 0 amide bonds. The van der Waals surface area contributed by atoms with Crippen molar-refractivity contribution in [1.82, 2.24) is 9.80 Å². The van der Waals surface area contributed by atoms with E-state index in [2.05, 4.69) is 55.0 Å². The summed E-state index contributed by atoms with van der Waals surface area (Å²) in [4.78, 5) is 4.93. The van der Waals surface area contributed by atoms with Gasteiger partial charge in [0.1, 0.15) is 5.75 Å². The summed E-state index contributed by atoms with van der Waals surface area (Å²) in [6.45, 7) is 11.2. The van der Waals surface area contributed by atoms with Crippen LogP contribution in [-0.4, -0.2) is 56.2 Å². The first-order valence-corrected chi connectivity index (χ1v) is 8.32. The Labute approximate surface area is 129 Å². The first-order chi connectivity index (χ1) is 10.2. The van der Waals surface area contributed by atoms with Crippen molar-refractivity contribution in [2.24, 2.45) is 0 Å². The molecule has 118 valence electrons. The predicted octanol–water partition coefficient (Wildman–Crippen LogP) is 3.22. The lowest BCUT2D eigenvalue weighted by Crippen LogP contribution is -2.44. The molecule has 1 aromatic rings. The van der Waals surface area contributed by atoms with Gasteiger partial charge in [-0.05, 0) is 43.5 Å². The van der Waals surface area contributed by atoms with E-state index in [1.54, 1.807) is 0 Å². The summed E-state index contributed by atoms with van der Waals surface area (Å²) in [7, 11) is 2.20. The zero-order valence-electron chi connectivity index (χ0n) is 13.8. The molecule has 1 aromatic carbocycles. The van der Waals surface area contributed by atoms with E-state index in [9.17, 15) is 0 Å². The van der Waals surface area contributed by atoms with Gasteiger partial charge in [-0.25, -0.2) is 0 Å². The van der Waals surface area contributed by atoms with Crippen LogP contribution in [0.2, 0.25) is 0 Å². The zero-order chi connectivity index (χ0) is 15.1. The third-order valence-corrected chi connectivity index (χ3v) is 4.54. The Kier molecular flexibility index (Phi) is 6.52. The maximum atomic E-state index is 5.85. The molecule has 0 N–H and O–H groups in total. The van der Waals surface area contributed by atoms with Crippen LogP contribution in [0.3, 0.4) is 0 Å². The Morgan fingerprint density at radius 3 is 2.38 bits per heavy atom. The highest BCUT2D eigenvalue weighted by Gasteiger charge is 2.12. The highest BCUT2D eigenvalue weighted by Crippen LogP contribution is 2.21. The van der Waals surface area contributed by atoms with Crippen molar-refractivity contribution in [3.8, 4) is 5.75 Å². The number of hydrogen-bond acceptors (Lipinski definition) is 3. The van der Waals surface area contributed by atoms with Gasteiger partial charge in [-0.1, -0.05) is 26.0 Å². The first-order valence-electron chi connectivity index (χ1n) is 8.32. The average Bonchev–Trinajstić information content (AvgIpc) is 2.53. The molecule has 3 nitrogen and oxygen atoms in total. The molecule has 3 heteroatoms. The van der Waals surface area contributed by atoms with Crippen molar-refractivity contribution in [3.63, 3.8) is 0 Å². The fourth-order valence-electron chi connectivity index (χ4n) is 2.68. The number of likely N-dealkylation sites (N-methyl/N-ethyl adjacent to an activating group) is 1. The largest absolute Gasteiger partial charge is 0.494 e. The van der Waals surface area contributed by atoms with E-state index in [0.717, 1.165) is 25.3 Å². The van der Waals surface area contributed by atoms with Crippen LogP contribution in [0, 0.1) is 0 Å². The monoisotopic (exact) mass is 290 g/mol. The van der Waals surface area contributed by atoms with Crippen molar-refractivity contribution in [1.29, 1.82) is 0 Å². The van der Waals surface area contributed by atoms with Gasteiger partial charge in [-0.15, -0.1) is 0 Å². The third kappa shape index (κ3) is 5.33. The maximum Gasteiger partial charge on any atom is 0.119 e. The van der Waals surface area contributed by atoms with Gasteiger partial charge in [0.25, 0.3) is 0 Å². The number of nitrogens with zero attached hydrogens (tertiary/aromatic N) is 2. The minimum Gasteiger partial charge on any atom is -0.494 e. The van der Waals surface area contributed by atoms with Crippen LogP contribution in [0.4, 0.5) is 0 Å². The van der Waals surface area contributed by atoms with Gasteiger partial charge in [0.05, 0.1) is 6.61 Å². The van der Waals surface area contributed by atoms with E-state index in [1.807, 2.05) is 0 Å². The molecule has 1 saturated heterocycles. The van der Waals surface area contributed by atoms with Crippen LogP contribution >= 0.6 is 0 Å². The van der Waals surface area contributed by atoms with Gasteiger partial charge in [0.2, 0.25) is 0 Å². The van der Waals surface area contributed by atoms with Crippen LogP contribution in [-0.2, 0) is 0 Å². The Morgan fingerprint density at radius 2 is 1.76 bits per heavy atom. The highest BCUT2D eigenvalue weighted by molar-refractivity contribution is 5.29. The third-order valence-electron chi connectivity index (χ3n) is 4.54. The summed E-state index contributed by atoms with van der Waals surface area (Å²) < 4.78 is 5.85. The zero-order valence-corrected chi connectivity index (χ0v) is 13.8. The van der Waals surface area contributed by atoms with E-state index >= 15 is 0 Å². The van der Waals surface area contributed by atoms with Gasteiger partial charge < -0.3 is 14.5 Å². The second kappa shape index (κ2) is 8.40. The van der Waals surface area contributed by atoms with Crippen LogP contribution in [0.25, 0.3) is 0 Å². The second-order valence-corrected chi connectivity index (χ2v) is 6.23. The summed E-state index contributed by atoms with van der Waals surface area (Å²) in [5, 5.41) is 0. The quantitative estimate of drug-likeness (QED) is 0.717. The Hall–Kier alpha value is -1.06. The van der Waals surface area contributed by atoms with E-state index < -0.39 is 0 Å². The van der Waals surface area contributed by atoms with Crippen LogP contribution in [0.1, 0.15) is 38.2 Å². The lowest BCUT2D eigenvalue weighted by Gasteiger charge is -2.32. The summed E-state index contributed by atoms with van der Waals surface area (Å²) in [6, 6.07) is 8.61. The number of rotatable bonds is 7. The molecule has 21 heavy (non-hydrogen) atoms. The Morgan fingerprint density at radius 1 is 1.10 bits per heavy atom.